The minimum atomic E-state index is -0.489. The average Bonchev–Trinajstić information content (AvgIpc) is 3.06. The first-order chi connectivity index (χ1) is 13.7. The van der Waals surface area contributed by atoms with Crippen LogP contribution >= 0.6 is 24.0 Å². The largest absolute Gasteiger partial charge is 0.444 e. The molecule has 2 aromatic rings. The molecule has 1 aromatic carbocycles. The number of carbonyl (C=O) groups excluding carboxylic acids is 1. The van der Waals surface area contributed by atoms with E-state index in [0.29, 0.717) is 38.7 Å². The Morgan fingerprint density at radius 1 is 1.13 bits per heavy atom. The molecule has 1 saturated heterocycles. The van der Waals surface area contributed by atoms with Gasteiger partial charge >= 0.3 is 6.09 Å². The number of rotatable bonds is 3. The highest BCUT2D eigenvalue weighted by Gasteiger charge is 2.26. The van der Waals surface area contributed by atoms with Crippen molar-refractivity contribution in [2.24, 2.45) is 10.7 Å². The summed E-state index contributed by atoms with van der Waals surface area (Å²) in [6, 6.07) is 9.97. The van der Waals surface area contributed by atoms with Gasteiger partial charge in [0.25, 0.3) is 0 Å². The molecular formula is C21H31IN6O2. The molecular weight excluding hydrogens is 495 g/mol. The minimum Gasteiger partial charge on any atom is -0.444 e. The summed E-state index contributed by atoms with van der Waals surface area (Å²) in [6.45, 7) is 10.5. The summed E-state index contributed by atoms with van der Waals surface area (Å²) in [5.74, 6) is 0.487. The molecule has 1 aromatic heterocycles. The highest BCUT2D eigenvalue weighted by atomic mass is 127. The summed E-state index contributed by atoms with van der Waals surface area (Å²) in [4.78, 5) is 20.4. The molecule has 0 unspecified atom stereocenters. The van der Waals surface area contributed by atoms with Crippen LogP contribution in [0.4, 0.5) is 4.79 Å². The maximum atomic E-state index is 12.2. The quantitative estimate of drug-likeness (QED) is 0.377. The standard InChI is InChI=1S/C21H30N6O2.HI/c1-16-17(15-27(24-16)18-8-6-5-7-9-18)14-23-19(22)25-10-12-26(13-11-25)20(28)29-21(2,3)4;/h5-9,15H,10-14H2,1-4H3,(H2,22,23);1H. The number of hydrogen-bond donors (Lipinski definition) is 1. The van der Waals surface area contributed by atoms with Crippen molar-refractivity contribution in [1.82, 2.24) is 19.6 Å². The zero-order chi connectivity index (χ0) is 21.0. The molecule has 1 amide bonds. The van der Waals surface area contributed by atoms with Gasteiger partial charge in [0.1, 0.15) is 5.60 Å². The smallest absolute Gasteiger partial charge is 0.410 e. The van der Waals surface area contributed by atoms with E-state index in [1.807, 2.05) is 73.8 Å². The molecule has 0 saturated carbocycles. The van der Waals surface area contributed by atoms with Crippen LogP contribution in [0.3, 0.4) is 0 Å². The molecule has 8 nitrogen and oxygen atoms in total. The second kappa shape index (κ2) is 10.1. The summed E-state index contributed by atoms with van der Waals surface area (Å²) in [7, 11) is 0. The molecule has 0 atom stereocenters. The van der Waals surface area contributed by atoms with E-state index >= 15 is 0 Å². The van der Waals surface area contributed by atoms with Crippen LogP contribution < -0.4 is 5.73 Å². The fourth-order valence-corrected chi connectivity index (χ4v) is 3.07. The summed E-state index contributed by atoms with van der Waals surface area (Å²) >= 11 is 0. The van der Waals surface area contributed by atoms with Crippen LogP contribution in [0.25, 0.3) is 5.69 Å². The molecule has 0 bridgehead atoms. The van der Waals surface area contributed by atoms with Crippen molar-refractivity contribution in [3.8, 4) is 5.69 Å². The molecule has 2 N–H and O–H groups in total. The predicted octanol–water partition coefficient (Wildman–Crippen LogP) is 3.17. The first-order valence-electron chi connectivity index (χ1n) is 9.86. The van der Waals surface area contributed by atoms with E-state index < -0.39 is 5.60 Å². The molecule has 0 radical (unpaired) electrons. The molecule has 3 rings (SSSR count). The number of aliphatic imine (C=N–C) groups is 1. The van der Waals surface area contributed by atoms with E-state index in [-0.39, 0.29) is 30.1 Å². The summed E-state index contributed by atoms with van der Waals surface area (Å²) in [6.07, 6.45) is 1.71. The maximum absolute atomic E-state index is 12.2. The fourth-order valence-electron chi connectivity index (χ4n) is 3.07. The van der Waals surface area contributed by atoms with E-state index in [1.54, 1.807) is 4.90 Å². The van der Waals surface area contributed by atoms with E-state index in [1.165, 1.54) is 0 Å². The number of hydrogen-bond acceptors (Lipinski definition) is 4. The summed E-state index contributed by atoms with van der Waals surface area (Å²) in [5, 5.41) is 4.56. The Morgan fingerprint density at radius 3 is 2.33 bits per heavy atom. The number of nitrogens with two attached hydrogens (primary N) is 1. The molecule has 2 heterocycles. The number of halogens is 1. The number of amides is 1. The van der Waals surface area contributed by atoms with Crippen molar-refractivity contribution in [3.63, 3.8) is 0 Å². The lowest BCUT2D eigenvalue weighted by Crippen LogP contribution is -2.53. The van der Waals surface area contributed by atoms with Crippen LogP contribution in [0, 0.1) is 6.92 Å². The number of nitrogens with zero attached hydrogens (tertiary/aromatic N) is 5. The van der Waals surface area contributed by atoms with Crippen molar-refractivity contribution < 1.29 is 9.53 Å². The topological polar surface area (TPSA) is 89.0 Å². The van der Waals surface area contributed by atoms with Crippen LogP contribution in [-0.4, -0.2) is 63.4 Å². The Hall–Kier alpha value is -2.30. The van der Waals surface area contributed by atoms with Crippen molar-refractivity contribution in [2.75, 3.05) is 26.2 Å². The normalized spacial score (nSPS) is 15.0. The molecule has 1 aliphatic heterocycles. The van der Waals surface area contributed by atoms with Gasteiger partial charge in [-0.15, -0.1) is 24.0 Å². The Kier molecular flexibility index (Phi) is 8.10. The van der Waals surface area contributed by atoms with Gasteiger partial charge in [0, 0.05) is 37.9 Å². The van der Waals surface area contributed by atoms with Crippen LogP contribution in [0.1, 0.15) is 32.0 Å². The number of guanidine groups is 1. The van der Waals surface area contributed by atoms with Crippen molar-refractivity contribution in [2.45, 2.75) is 39.8 Å². The Morgan fingerprint density at radius 2 is 1.73 bits per heavy atom. The van der Waals surface area contributed by atoms with Crippen LogP contribution in [-0.2, 0) is 11.3 Å². The number of piperazine rings is 1. The second-order valence-corrected chi connectivity index (χ2v) is 8.15. The van der Waals surface area contributed by atoms with Crippen LogP contribution in [0.5, 0.6) is 0 Å². The Labute approximate surface area is 195 Å². The monoisotopic (exact) mass is 526 g/mol. The number of aryl methyl sites for hydroxylation is 1. The molecule has 164 valence electrons. The maximum Gasteiger partial charge on any atom is 0.410 e. The number of ether oxygens (including phenoxy) is 1. The van der Waals surface area contributed by atoms with Gasteiger partial charge in [-0.3, -0.25) is 0 Å². The van der Waals surface area contributed by atoms with Crippen molar-refractivity contribution in [3.05, 3.63) is 47.8 Å². The van der Waals surface area contributed by atoms with Crippen molar-refractivity contribution in [1.29, 1.82) is 0 Å². The van der Waals surface area contributed by atoms with Gasteiger partial charge in [0.15, 0.2) is 5.96 Å². The molecule has 1 aliphatic rings. The number of aromatic nitrogens is 2. The summed E-state index contributed by atoms with van der Waals surface area (Å²) < 4.78 is 7.29. The highest BCUT2D eigenvalue weighted by Crippen LogP contribution is 2.14. The van der Waals surface area contributed by atoms with E-state index in [2.05, 4.69) is 10.1 Å². The highest BCUT2D eigenvalue weighted by molar-refractivity contribution is 14.0. The third-order valence-electron chi connectivity index (χ3n) is 4.69. The number of benzene rings is 1. The zero-order valence-electron chi connectivity index (χ0n) is 18.0. The Balaban J connectivity index is 0.00000320. The van der Waals surface area contributed by atoms with Gasteiger partial charge in [0.05, 0.1) is 17.9 Å². The predicted molar refractivity (Wildman–Crippen MR) is 128 cm³/mol. The summed E-state index contributed by atoms with van der Waals surface area (Å²) in [5.41, 5.74) is 8.69. The third kappa shape index (κ3) is 6.35. The van der Waals surface area contributed by atoms with E-state index in [9.17, 15) is 4.79 Å². The Bertz CT molecular complexity index is 867. The van der Waals surface area contributed by atoms with Gasteiger partial charge in [-0.2, -0.15) is 5.10 Å². The lowest BCUT2D eigenvalue weighted by molar-refractivity contribution is 0.0186. The third-order valence-corrected chi connectivity index (χ3v) is 4.69. The van der Waals surface area contributed by atoms with E-state index in [0.717, 1.165) is 16.9 Å². The number of para-hydroxylation sites is 1. The number of carbonyl (C=O) groups is 1. The SMILES string of the molecule is Cc1nn(-c2ccccc2)cc1CN=C(N)N1CCN(C(=O)OC(C)(C)C)CC1.I. The van der Waals surface area contributed by atoms with Gasteiger partial charge in [0.2, 0.25) is 0 Å². The second-order valence-electron chi connectivity index (χ2n) is 8.15. The van der Waals surface area contributed by atoms with Crippen LogP contribution in [0.2, 0.25) is 0 Å². The van der Waals surface area contributed by atoms with Crippen molar-refractivity contribution >= 4 is 36.0 Å². The fraction of sp³-hybridized carbons (Fsp3) is 0.476. The van der Waals surface area contributed by atoms with Gasteiger partial charge in [-0.05, 0) is 39.8 Å². The molecule has 9 heteroatoms. The van der Waals surface area contributed by atoms with Gasteiger partial charge < -0.3 is 20.3 Å². The lowest BCUT2D eigenvalue weighted by Gasteiger charge is -2.36. The lowest BCUT2D eigenvalue weighted by atomic mass is 10.2. The van der Waals surface area contributed by atoms with Gasteiger partial charge in [-0.1, -0.05) is 18.2 Å². The first kappa shape index (κ1) is 24.0. The average molecular weight is 526 g/mol. The molecule has 1 fully saturated rings. The zero-order valence-corrected chi connectivity index (χ0v) is 20.4. The van der Waals surface area contributed by atoms with Crippen LogP contribution in [0.15, 0.2) is 41.5 Å². The van der Waals surface area contributed by atoms with Gasteiger partial charge in [-0.25, -0.2) is 14.5 Å². The first-order valence-corrected chi connectivity index (χ1v) is 9.86. The van der Waals surface area contributed by atoms with E-state index in [4.69, 9.17) is 10.5 Å². The molecule has 0 aliphatic carbocycles. The minimum absolute atomic E-state index is 0. The molecule has 30 heavy (non-hydrogen) atoms. The molecule has 0 spiro atoms.